The Hall–Kier alpha value is -1.47. The number of benzene rings is 1. The molecule has 1 N–H and O–H groups in total. The molecular weight excluding hydrogens is 304 g/mol. The summed E-state index contributed by atoms with van der Waals surface area (Å²) < 4.78 is 52.3. The summed E-state index contributed by atoms with van der Waals surface area (Å²) in [5.41, 5.74) is -0.584. The number of hydrogen-bond donors (Lipinski definition) is 1. The predicted octanol–water partition coefficient (Wildman–Crippen LogP) is 4.39. The Bertz CT molecular complexity index is 645. The third kappa shape index (κ3) is 2.80. The van der Waals surface area contributed by atoms with E-state index in [2.05, 4.69) is 10.3 Å². The van der Waals surface area contributed by atoms with Crippen LogP contribution in [0.15, 0.2) is 23.6 Å². The number of aromatic nitrogens is 1. The van der Waals surface area contributed by atoms with E-state index in [0.717, 1.165) is 42.5 Å². The summed E-state index contributed by atoms with van der Waals surface area (Å²) in [6.07, 6.45) is -2.73. The van der Waals surface area contributed by atoms with Crippen LogP contribution in [0.1, 0.15) is 30.1 Å². The largest absolute Gasteiger partial charge is 0.419 e. The minimum atomic E-state index is -4.70. The molecule has 2 heterocycles. The predicted molar refractivity (Wildman–Crippen MR) is 72.5 cm³/mol. The Balaban J connectivity index is 1.97. The molecule has 1 aliphatic heterocycles. The summed E-state index contributed by atoms with van der Waals surface area (Å²) in [6, 6.07) is 3.39. The molecule has 1 atom stereocenters. The molecule has 2 nitrogen and oxygen atoms in total. The standard InChI is InChI=1S/C14H12F4N2S/c15-12-8(3-1-4-9(12)14(16,17)18)13-20-11(7-21-13)10-5-2-6-19-10/h1,3-4,7,10,19H,2,5-6H2. The van der Waals surface area contributed by atoms with Gasteiger partial charge in [-0.25, -0.2) is 9.37 Å². The normalized spacial score (nSPS) is 19.1. The monoisotopic (exact) mass is 316 g/mol. The maximum Gasteiger partial charge on any atom is 0.419 e. The van der Waals surface area contributed by atoms with E-state index in [0.29, 0.717) is 0 Å². The van der Waals surface area contributed by atoms with E-state index in [1.165, 1.54) is 12.1 Å². The first kappa shape index (κ1) is 14.5. The Morgan fingerprint density at radius 2 is 2.10 bits per heavy atom. The molecule has 3 rings (SSSR count). The Kier molecular flexibility index (Phi) is 3.71. The molecule has 1 aromatic heterocycles. The van der Waals surface area contributed by atoms with Gasteiger partial charge in [0.2, 0.25) is 0 Å². The molecule has 1 aliphatic rings. The molecule has 0 saturated carbocycles. The smallest absolute Gasteiger partial charge is 0.309 e. The first-order valence-corrected chi connectivity index (χ1v) is 7.39. The second-order valence-corrected chi connectivity index (χ2v) is 5.75. The number of nitrogens with zero attached hydrogens (tertiary/aromatic N) is 1. The van der Waals surface area contributed by atoms with Crippen molar-refractivity contribution in [3.63, 3.8) is 0 Å². The highest BCUT2D eigenvalue weighted by molar-refractivity contribution is 7.13. The van der Waals surface area contributed by atoms with Crippen LogP contribution < -0.4 is 5.32 Å². The lowest BCUT2D eigenvalue weighted by Gasteiger charge is -2.10. The summed E-state index contributed by atoms with van der Waals surface area (Å²) in [4.78, 5) is 4.30. The summed E-state index contributed by atoms with van der Waals surface area (Å²) >= 11 is 1.16. The second kappa shape index (κ2) is 5.38. The minimum Gasteiger partial charge on any atom is -0.309 e. The molecule has 112 valence electrons. The fourth-order valence-electron chi connectivity index (χ4n) is 2.42. The van der Waals surface area contributed by atoms with Gasteiger partial charge in [-0.2, -0.15) is 13.2 Å². The zero-order chi connectivity index (χ0) is 15.0. The first-order valence-electron chi connectivity index (χ1n) is 6.51. The topological polar surface area (TPSA) is 24.9 Å². The van der Waals surface area contributed by atoms with Gasteiger partial charge in [-0.05, 0) is 31.5 Å². The van der Waals surface area contributed by atoms with Crippen LogP contribution in [0.2, 0.25) is 0 Å². The van der Waals surface area contributed by atoms with E-state index in [1.54, 1.807) is 5.38 Å². The number of thiazole rings is 1. The van der Waals surface area contributed by atoms with Crippen molar-refractivity contribution in [3.05, 3.63) is 40.7 Å². The van der Waals surface area contributed by atoms with Crippen molar-refractivity contribution in [2.45, 2.75) is 25.1 Å². The molecule has 0 aliphatic carbocycles. The molecule has 0 amide bonds. The molecule has 0 spiro atoms. The van der Waals surface area contributed by atoms with Crippen LogP contribution >= 0.6 is 11.3 Å². The Morgan fingerprint density at radius 1 is 1.29 bits per heavy atom. The fraction of sp³-hybridized carbons (Fsp3) is 0.357. The van der Waals surface area contributed by atoms with E-state index < -0.39 is 17.6 Å². The average molecular weight is 316 g/mol. The van der Waals surface area contributed by atoms with Crippen LogP contribution in [0.25, 0.3) is 10.6 Å². The summed E-state index contributed by atoms with van der Waals surface area (Å²) in [5, 5.41) is 5.31. The quantitative estimate of drug-likeness (QED) is 0.831. The van der Waals surface area contributed by atoms with Gasteiger partial charge < -0.3 is 5.32 Å². The van der Waals surface area contributed by atoms with Gasteiger partial charge in [-0.3, -0.25) is 0 Å². The van der Waals surface area contributed by atoms with Gasteiger partial charge in [0, 0.05) is 10.9 Å². The van der Waals surface area contributed by atoms with Gasteiger partial charge in [-0.1, -0.05) is 6.07 Å². The fourth-order valence-corrected chi connectivity index (χ4v) is 3.32. The van der Waals surface area contributed by atoms with Gasteiger partial charge in [0.25, 0.3) is 0 Å². The van der Waals surface area contributed by atoms with E-state index in [9.17, 15) is 17.6 Å². The summed E-state index contributed by atoms with van der Waals surface area (Å²) in [5.74, 6) is -1.26. The van der Waals surface area contributed by atoms with Crippen molar-refractivity contribution in [1.29, 1.82) is 0 Å². The molecule has 1 saturated heterocycles. The van der Waals surface area contributed by atoms with Gasteiger partial charge in [0.05, 0.1) is 17.3 Å². The maximum absolute atomic E-state index is 14.1. The molecule has 7 heteroatoms. The second-order valence-electron chi connectivity index (χ2n) is 4.89. The highest BCUT2D eigenvalue weighted by Gasteiger charge is 2.35. The van der Waals surface area contributed by atoms with Crippen LogP contribution in [0, 0.1) is 5.82 Å². The molecule has 0 bridgehead atoms. The summed E-state index contributed by atoms with van der Waals surface area (Å²) in [6.45, 7) is 0.898. The molecule has 1 aromatic carbocycles. The van der Waals surface area contributed by atoms with Crippen LogP contribution in [0.5, 0.6) is 0 Å². The van der Waals surface area contributed by atoms with E-state index in [1.807, 2.05) is 0 Å². The number of rotatable bonds is 2. The lowest BCUT2D eigenvalue weighted by Crippen LogP contribution is -2.13. The lowest BCUT2D eigenvalue weighted by molar-refractivity contribution is -0.139. The highest BCUT2D eigenvalue weighted by atomic mass is 32.1. The van der Waals surface area contributed by atoms with Crippen molar-refractivity contribution in [2.75, 3.05) is 6.54 Å². The number of alkyl halides is 3. The van der Waals surface area contributed by atoms with Crippen molar-refractivity contribution in [1.82, 2.24) is 10.3 Å². The first-order chi connectivity index (χ1) is 9.97. The molecule has 0 radical (unpaired) electrons. The third-order valence-corrected chi connectivity index (χ3v) is 4.37. The Morgan fingerprint density at radius 3 is 2.76 bits per heavy atom. The van der Waals surface area contributed by atoms with Crippen LogP contribution in [-0.4, -0.2) is 11.5 Å². The van der Waals surface area contributed by atoms with Gasteiger partial charge in [0.1, 0.15) is 10.8 Å². The number of halogens is 4. The van der Waals surface area contributed by atoms with E-state index in [4.69, 9.17) is 0 Å². The SMILES string of the molecule is Fc1c(-c2nc(C3CCCN3)cs2)cccc1C(F)(F)F. The molecule has 1 fully saturated rings. The third-order valence-electron chi connectivity index (χ3n) is 3.47. The highest BCUT2D eigenvalue weighted by Crippen LogP contribution is 2.37. The van der Waals surface area contributed by atoms with Gasteiger partial charge in [0.15, 0.2) is 0 Å². The minimum absolute atomic E-state index is 0.0981. The van der Waals surface area contributed by atoms with Crippen LogP contribution in [0.4, 0.5) is 17.6 Å². The van der Waals surface area contributed by atoms with Crippen molar-refractivity contribution in [2.24, 2.45) is 0 Å². The van der Waals surface area contributed by atoms with E-state index in [-0.39, 0.29) is 16.6 Å². The van der Waals surface area contributed by atoms with Crippen LogP contribution in [0.3, 0.4) is 0 Å². The molecule has 2 aromatic rings. The lowest BCUT2D eigenvalue weighted by atomic mass is 10.1. The van der Waals surface area contributed by atoms with Crippen molar-refractivity contribution >= 4 is 11.3 Å². The summed E-state index contributed by atoms with van der Waals surface area (Å²) in [7, 11) is 0. The molecule has 1 unspecified atom stereocenters. The van der Waals surface area contributed by atoms with Gasteiger partial charge >= 0.3 is 6.18 Å². The van der Waals surface area contributed by atoms with Gasteiger partial charge in [-0.15, -0.1) is 11.3 Å². The van der Waals surface area contributed by atoms with Crippen LogP contribution in [-0.2, 0) is 6.18 Å². The van der Waals surface area contributed by atoms with Crippen molar-refractivity contribution in [3.8, 4) is 10.6 Å². The number of hydrogen-bond acceptors (Lipinski definition) is 3. The Labute approximate surface area is 122 Å². The number of nitrogens with one attached hydrogen (secondary N) is 1. The molecule has 21 heavy (non-hydrogen) atoms. The zero-order valence-corrected chi connectivity index (χ0v) is 11.7. The van der Waals surface area contributed by atoms with E-state index >= 15 is 0 Å². The molecular formula is C14H12F4N2S. The zero-order valence-electron chi connectivity index (χ0n) is 10.9. The maximum atomic E-state index is 14.1. The average Bonchev–Trinajstić information content (AvgIpc) is 3.08. The van der Waals surface area contributed by atoms with Crippen molar-refractivity contribution < 1.29 is 17.6 Å².